The minimum absolute atomic E-state index is 0.254. The van der Waals surface area contributed by atoms with Crippen molar-refractivity contribution < 1.29 is 4.39 Å². The Labute approximate surface area is 82.2 Å². The molecule has 0 aliphatic carbocycles. The molecule has 0 amide bonds. The van der Waals surface area contributed by atoms with Crippen molar-refractivity contribution in [2.45, 2.75) is 6.92 Å². The zero-order valence-electron chi connectivity index (χ0n) is 7.87. The first kappa shape index (κ1) is 8.88. The van der Waals surface area contributed by atoms with E-state index in [1.807, 2.05) is 31.2 Å². The highest BCUT2D eigenvalue weighted by atomic mass is 19.1. The molecular weight excluding hydrogens is 177 g/mol. The van der Waals surface area contributed by atoms with Gasteiger partial charge in [0.1, 0.15) is 5.82 Å². The molecule has 1 aromatic carbocycles. The van der Waals surface area contributed by atoms with Gasteiger partial charge in [-0.2, -0.15) is 0 Å². The van der Waals surface area contributed by atoms with Crippen LogP contribution in [-0.2, 0) is 0 Å². The SMILES string of the molecule is Cc1ccc(-c2cc(F)ccn2)cc1. The van der Waals surface area contributed by atoms with Crippen molar-refractivity contribution in [3.63, 3.8) is 0 Å². The van der Waals surface area contributed by atoms with Crippen molar-refractivity contribution in [3.05, 3.63) is 54.0 Å². The van der Waals surface area contributed by atoms with Crippen LogP contribution in [0, 0.1) is 12.7 Å². The third-order valence-corrected chi connectivity index (χ3v) is 2.07. The molecule has 0 saturated heterocycles. The Balaban J connectivity index is 2.44. The van der Waals surface area contributed by atoms with Crippen LogP contribution in [0.5, 0.6) is 0 Å². The quantitative estimate of drug-likeness (QED) is 0.668. The number of hydrogen-bond donors (Lipinski definition) is 0. The van der Waals surface area contributed by atoms with Crippen LogP contribution >= 0.6 is 0 Å². The van der Waals surface area contributed by atoms with E-state index in [1.165, 1.54) is 23.9 Å². The average molecular weight is 187 g/mol. The van der Waals surface area contributed by atoms with Crippen LogP contribution in [0.4, 0.5) is 4.39 Å². The summed E-state index contributed by atoms with van der Waals surface area (Å²) in [5.41, 5.74) is 2.80. The maximum absolute atomic E-state index is 12.9. The van der Waals surface area contributed by atoms with Crippen molar-refractivity contribution in [2.75, 3.05) is 0 Å². The summed E-state index contributed by atoms with van der Waals surface area (Å²) in [7, 11) is 0. The predicted molar refractivity (Wildman–Crippen MR) is 54.4 cm³/mol. The van der Waals surface area contributed by atoms with Crippen LogP contribution in [0.2, 0.25) is 0 Å². The molecule has 0 radical (unpaired) electrons. The van der Waals surface area contributed by atoms with Gasteiger partial charge in [-0.25, -0.2) is 4.39 Å². The second-order valence-corrected chi connectivity index (χ2v) is 3.23. The van der Waals surface area contributed by atoms with Crippen LogP contribution in [-0.4, -0.2) is 4.98 Å². The molecule has 0 spiro atoms. The lowest BCUT2D eigenvalue weighted by Gasteiger charge is -2.00. The van der Waals surface area contributed by atoms with Crippen molar-refractivity contribution in [1.82, 2.24) is 4.98 Å². The highest BCUT2D eigenvalue weighted by Gasteiger charge is 1.99. The van der Waals surface area contributed by atoms with Gasteiger partial charge in [0.15, 0.2) is 0 Å². The van der Waals surface area contributed by atoms with E-state index >= 15 is 0 Å². The van der Waals surface area contributed by atoms with Crippen LogP contribution in [0.1, 0.15) is 5.56 Å². The van der Waals surface area contributed by atoms with Gasteiger partial charge in [-0.05, 0) is 13.0 Å². The molecular formula is C12H10FN. The normalized spacial score (nSPS) is 10.1. The summed E-state index contributed by atoms with van der Waals surface area (Å²) >= 11 is 0. The summed E-state index contributed by atoms with van der Waals surface area (Å²) in [5.74, 6) is -0.254. The lowest BCUT2D eigenvalue weighted by Crippen LogP contribution is -1.84. The Kier molecular flexibility index (Phi) is 2.27. The van der Waals surface area contributed by atoms with Crippen molar-refractivity contribution in [1.29, 1.82) is 0 Å². The Bertz CT molecular complexity index is 434. The predicted octanol–water partition coefficient (Wildman–Crippen LogP) is 3.20. The molecule has 2 rings (SSSR count). The molecule has 0 aliphatic heterocycles. The molecule has 0 aliphatic rings. The monoisotopic (exact) mass is 187 g/mol. The van der Waals surface area contributed by atoms with E-state index in [0.717, 1.165) is 5.56 Å². The minimum atomic E-state index is -0.254. The fourth-order valence-electron chi connectivity index (χ4n) is 1.29. The van der Waals surface area contributed by atoms with E-state index in [-0.39, 0.29) is 5.82 Å². The Hall–Kier alpha value is -1.70. The molecule has 0 bridgehead atoms. The summed E-state index contributed by atoms with van der Waals surface area (Å²) < 4.78 is 12.9. The van der Waals surface area contributed by atoms with Crippen molar-refractivity contribution in [2.24, 2.45) is 0 Å². The summed E-state index contributed by atoms with van der Waals surface area (Å²) in [6, 6.07) is 10.6. The van der Waals surface area contributed by atoms with Gasteiger partial charge in [0.2, 0.25) is 0 Å². The van der Waals surface area contributed by atoms with E-state index in [1.54, 1.807) is 0 Å². The topological polar surface area (TPSA) is 12.9 Å². The summed E-state index contributed by atoms with van der Waals surface area (Å²) in [4.78, 5) is 4.10. The van der Waals surface area contributed by atoms with E-state index < -0.39 is 0 Å². The number of rotatable bonds is 1. The lowest BCUT2D eigenvalue weighted by atomic mass is 10.1. The molecule has 0 fully saturated rings. The van der Waals surface area contributed by atoms with E-state index in [9.17, 15) is 4.39 Å². The molecule has 0 unspecified atom stereocenters. The number of aromatic nitrogens is 1. The molecule has 70 valence electrons. The second-order valence-electron chi connectivity index (χ2n) is 3.23. The number of aryl methyl sites for hydroxylation is 1. The number of halogens is 1. The molecule has 14 heavy (non-hydrogen) atoms. The standard InChI is InChI=1S/C12H10FN/c1-9-2-4-10(5-3-9)12-8-11(13)6-7-14-12/h2-8H,1H3. The number of benzene rings is 1. The highest BCUT2D eigenvalue weighted by Crippen LogP contribution is 2.17. The van der Waals surface area contributed by atoms with Crippen molar-refractivity contribution >= 4 is 0 Å². The van der Waals surface area contributed by atoms with Crippen LogP contribution in [0.15, 0.2) is 42.6 Å². The first-order chi connectivity index (χ1) is 6.75. The third kappa shape index (κ3) is 1.79. The van der Waals surface area contributed by atoms with Gasteiger partial charge in [0, 0.05) is 17.8 Å². The molecule has 1 nitrogen and oxygen atoms in total. The first-order valence-electron chi connectivity index (χ1n) is 4.44. The van der Waals surface area contributed by atoms with Gasteiger partial charge in [-0.1, -0.05) is 29.8 Å². The van der Waals surface area contributed by atoms with Gasteiger partial charge >= 0.3 is 0 Å². The largest absolute Gasteiger partial charge is 0.256 e. The summed E-state index contributed by atoms with van der Waals surface area (Å²) in [6.45, 7) is 2.02. The first-order valence-corrected chi connectivity index (χ1v) is 4.44. The van der Waals surface area contributed by atoms with Gasteiger partial charge in [0.05, 0.1) is 5.69 Å². The molecule has 2 aromatic rings. The average Bonchev–Trinajstić information content (AvgIpc) is 2.19. The number of pyridine rings is 1. The van der Waals surface area contributed by atoms with Crippen LogP contribution in [0.25, 0.3) is 11.3 Å². The van der Waals surface area contributed by atoms with Gasteiger partial charge in [0.25, 0.3) is 0 Å². The molecule has 0 N–H and O–H groups in total. The van der Waals surface area contributed by atoms with Gasteiger partial charge in [-0.3, -0.25) is 4.98 Å². The fourth-order valence-corrected chi connectivity index (χ4v) is 1.29. The summed E-state index contributed by atoms with van der Waals surface area (Å²) in [6.07, 6.45) is 1.48. The molecule has 2 heteroatoms. The molecule has 1 heterocycles. The minimum Gasteiger partial charge on any atom is -0.256 e. The number of nitrogens with zero attached hydrogens (tertiary/aromatic N) is 1. The van der Waals surface area contributed by atoms with E-state index in [2.05, 4.69) is 4.98 Å². The van der Waals surface area contributed by atoms with Crippen molar-refractivity contribution in [3.8, 4) is 11.3 Å². The van der Waals surface area contributed by atoms with Gasteiger partial charge in [-0.15, -0.1) is 0 Å². The zero-order chi connectivity index (χ0) is 9.97. The highest BCUT2D eigenvalue weighted by molar-refractivity contribution is 5.59. The van der Waals surface area contributed by atoms with E-state index in [0.29, 0.717) is 5.69 Å². The molecule has 1 aromatic heterocycles. The van der Waals surface area contributed by atoms with Gasteiger partial charge < -0.3 is 0 Å². The zero-order valence-corrected chi connectivity index (χ0v) is 7.87. The second kappa shape index (κ2) is 3.58. The molecule has 0 atom stereocenters. The third-order valence-electron chi connectivity index (χ3n) is 2.07. The smallest absolute Gasteiger partial charge is 0.126 e. The van der Waals surface area contributed by atoms with E-state index in [4.69, 9.17) is 0 Å². The maximum Gasteiger partial charge on any atom is 0.126 e. The summed E-state index contributed by atoms with van der Waals surface area (Å²) in [5, 5.41) is 0. The van der Waals surface area contributed by atoms with Crippen LogP contribution in [0.3, 0.4) is 0 Å². The number of hydrogen-bond acceptors (Lipinski definition) is 1. The fraction of sp³-hybridized carbons (Fsp3) is 0.0833. The maximum atomic E-state index is 12.9. The van der Waals surface area contributed by atoms with Crippen LogP contribution < -0.4 is 0 Å². The lowest BCUT2D eigenvalue weighted by molar-refractivity contribution is 0.626. The molecule has 0 saturated carbocycles. The Morgan fingerprint density at radius 3 is 2.43 bits per heavy atom. The Morgan fingerprint density at radius 2 is 1.79 bits per heavy atom. The Morgan fingerprint density at radius 1 is 1.07 bits per heavy atom.